The van der Waals surface area contributed by atoms with Crippen LogP contribution in [0.1, 0.15) is 23.7 Å². The van der Waals surface area contributed by atoms with E-state index in [-0.39, 0.29) is 17.1 Å². The predicted molar refractivity (Wildman–Crippen MR) is 69.5 cm³/mol. The van der Waals surface area contributed by atoms with E-state index in [0.717, 1.165) is 13.0 Å². The van der Waals surface area contributed by atoms with Gasteiger partial charge in [0.1, 0.15) is 5.15 Å². The lowest BCUT2D eigenvalue weighted by Gasteiger charge is -2.19. The average Bonchev–Trinajstić information content (AvgIpc) is 2.85. The Bertz CT molecular complexity index is 447. The SMILES string of the molecule is CC(NC(=O)c1cc(Cl)ncc1N)C1CCOC1. The minimum Gasteiger partial charge on any atom is -0.397 e. The van der Waals surface area contributed by atoms with Gasteiger partial charge in [-0.3, -0.25) is 4.79 Å². The third kappa shape index (κ3) is 2.91. The molecule has 6 heteroatoms. The average molecular weight is 270 g/mol. The first-order valence-corrected chi connectivity index (χ1v) is 6.25. The molecule has 2 atom stereocenters. The van der Waals surface area contributed by atoms with E-state index >= 15 is 0 Å². The summed E-state index contributed by atoms with van der Waals surface area (Å²) in [5, 5.41) is 3.18. The number of pyridine rings is 1. The first-order chi connectivity index (χ1) is 8.58. The van der Waals surface area contributed by atoms with Crippen LogP contribution in [0.5, 0.6) is 0 Å². The van der Waals surface area contributed by atoms with Crippen LogP contribution in [0.4, 0.5) is 5.69 Å². The Morgan fingerprint density at radius 1 is 1.72 bits per heavy atom. The number of amides is 1. The van der Waals surface area contributed by atoms with Crippen LogP contribution in [0.2, 0.25) is 5.15 Å². The van der Waals surface area contributed by atoms with Crippen molar-refractivity contribution in [3.05, 3.63) is 23.0 Å². The Morgan fingerprint density at radius 2 is 2.50 bits per heavy atom. The van der Waals surface area contributed by atoms with Gasteiger partial charge in [-0.25, -0.2) is 4.98 Å². The van der Waals surface area contributed by atoms with Crippen molar-refractivity contribution >= 4 is 23.2 Å². The maximum atomic E-state index is 12.1. The highest BCUT2D eigenvalue weighted by Crippen LogP contribution is 2.18. The summed E-state index contributed by atoms with van der Waals surface area (Å²) in [7, 11) is 0. The highest BCUT2D eigenvalue weighted by molar-refractivity contribution is 6.29. The largest absolute Gasteiger partial charge is 0.397 e. The molecule has 1 aliphatic heterocycles. The zero-order valence-corrected chi connectivity index (χ0v) is 10.9. The summed E-state index contributed by atoms with van der Waals surface area (Å²) < 4.78 is 5.30. The monoisotopic (exact) mass is 269 g/mol. The van der Waals surface area contributed by atoms with E-state index in [0.29, 0.717) is 23.8 Å². The number of hydrogen-bond donors (Lipinski definition) is 2. The van der Waals surface area contributed by atoms with Gasteiger partial charge in [-0.2, -0.15) is 0 Å². The lowest BCUT2D eigenvalue weighted by atomic mass is 10.0. The van der Waals surface area contributed by atoms with Crippen LogP contribution in [0.3, 0.4) is 0 Å². The fourth-order valence-corrected chi connectivity index (χ4v) is 2.14. The molecular weight excluding hydrogens is 254 g/mol. The van der Waals surface area contributed by atoms with Crippen LogP contribution in [0, 0.1) is 5.92 Å². The summed E-state index contributed by atoms with van der Waals surface area (Å²) in [5.41, 5.74) is 6.40. The second kappa shape index (κ2) is 5.54. The minimum atomic E-state index is -0.226. The number of halogens is 1. The number of ether oxygens (including phenoxy) is 1. The van der Waals surface area contributed by atoms with Gasteiger partial charge in [0, 0.05) is 18.6 Å². The maximum absolute atomic E-state index is 12.1. The number of nitrogen functional groups attached to an aromatic ring is 1. The van der Waals surface area contributed by atoms with Crippen molar-refractivity contribution in [1.82, 2.24) is 10.3 Å². The first kappa shape index (κ1) is 13.1. The van der Waals surface area contributed by atoms with E-state index in [4.69, 9.17) is 22.1 Å². The number of anilines is 1. The second-order valence-corrected chi connectivity index (χ2v) is 4.87. The van der Waals surface area contributed by atoms with E-state index < -0.39 is 0 Å². The highest BCUT2D eigenvalue weighted by Gasteiger charge is 2.24. The van der Waals surface area contributed by atoms with Gasteiger partial charge in [0.2, 0.25) is 0 Å². The Balaban J connectivity index is 2.04. The van der Waals surface area contributed by atoms with Gasteiger partial charge in [-0.15, -0.1) is 0 Å². The molecule has 2 rings (SSSR count). The van der Waals surface area contributed by atoms with Gasteiger partial charge in [-0.1, -0.05) is 11.6 Å². The van der Waals surface area contributed by atoms with Crippen LogP contribution >= 0.6 is 11.6 Å². The van der Waals surface area contributed by atoms with Gasteiger partial charge >= 0.3 is 0 Å². The molecule has 2 heterocycles. The van der Waals surface area contributed by atoms with E-state index in [9.17, 15) is 4.79 Å². The Morgan fingerprint density at radius 3 is 3.17 bits per heavy atom. The van der Waals surface area contributed by atoms with Crippen LogP contribution in [0.25, 0.3) is 0 Å². The highest BCUT2D eigenvalue weighted by atomic mass is 35.5. The number of nitrogens with two attached hydrogens (primary N) is 1. The first-order valence-electron chi connectivity index (χ1n) is 5.87. The number of carbonyl (C=O) groups is 1. The molecule has 0 spiro atoms. The third-order valence-corrected chi connectivity index (χ3v) is 3.38. The summed E-state index contributed by atoms with van der Waals surface area (Å²) >= 11 is 5.76. The molecule has 1 amide bonds. The van der Waals surface area contributed by atoms with Gasteiger partial charge < -0.3 is 15.8 Å². The van der Waals surface area contributed by atoms with E-state index in [2.05, 4.69) is 10.3 Å². The molecule has 1 aromatic heterocycles. The summed E-state index contributed by atoms with van der Waals surface area (Å²) in [6.45, 7) is 3.42. The summed E-state index contributed by atoms with van der Waals surface area (Å²) in [5.74, 6) is 0.128. The van der Waals surface area contributed by atoms with Crippen molar-refractivity contribution in [2.75, 3.05) is 18.9 Å². The standard InChI is InChI=1S/C12H16ClN3O2/c1-7(8-2-3-18-6-8)16-12(17)9-4-11(13)15-5-10(9)14/h4-5,7-8H,2-3,6,14H2,1H3,(H,16,17). The van der Waals surface area contributed by atoms with Crippen molar-refractivity contribution in [3.8, 4) is 0 Å². The van der Waals surface area contributed by atoms with Crippen LogP contribution < -0.4 is 11.1 Å². The van der Waals surface area contributed by atoms with Crippen molar-refractivity contribution in [3.63, 3.8) is 0 Å². The number of aromatic nitrogens is 1. The third-order valence-electron chi connectivity index (χ3n) is 3.18. The topological polar surface area (TPSA) is 77.2 Å². The predicted octanol–water partition coefficient (Wildman–Crippen LogP) is 1.47. The summed E-state index contributed by atoms with van der Waals surface area (Å²) in [4.78, 5) is 15.9. The van der Waals surface area contributed by atoms with Crippen LogP contribution in [-0.4, -0.2) is 30.1 Å². The molecule has 0 saturated carbocycles. The lowest BCUT2D eigenvalue weighted by molar-refractivity contribution is 0.0923. The second-order valence-electron chi connectivity index (χ2n) is 4.48. The molecule has 1 aliphatic rings. The molecule has 0 aliphatic carbocycles. The summed E-state index contributed by atoms with van der Waals surface area (Å²) in [6, 6.07) is 1.52. The molecular formula is C12H16ClN3O2. The zero-order chi connectivity index (χ0) is 13.1. The van der Waals surface area contributed by atoms with Crippen molar-refractivity contribution < 1.29 is 9.53 Å². The van der Waals surface area contributed by atoms with Gasteiger partial charge in [0.05, 0.1) is 24.1 Å². The van der Waals surface area contributed by atoms with E-state index in [1.54, 1.807) is 0 Å². The van der Waals surface area contributed by atoms with E-state index in [1.165, 1.54) is 12.3 Å². The number of nitrogens with one attached hydrogen (secondary N) is 1. The van der Waals surface area contributed by atoms with Gasteiger partial charge in [-0.05, 0) is 19.4 Å². The smallest absolute Gasteiger partial charge is 0.253 e. The number of hydrogen-bond acceptors (Lipinski definition) is 4. The summed E-state index contributed by atoms with van der Waals surface area (Å²) in [6.07, 6.45) is 2.36. The van der Waals surface area contributed by atoms with Crippen molar-refractivity contribution in [1.29, 1.82) is 0 Å². The molecule has 0 bridgehead atoms. The van der Waals surface area contributed by atoms with Crippen LogP contribution in [0.15, 0.2) is 12.3 Å². The van der Waals surface area contributed by atoms with Gasteiger partial charge in [0.25, 0.3) is 5.91 Å². The lowest BCUT2D eigenvalue weighted by Crippen LogP contribution is -2.38. The molecule has 1 saturated heterocycles. The zero-order valence-electron chi connectivity index (χ0n) is 10.1. The van der Waals surface area contributed by atoms with Gasteiger partial charge in [0.15, 0.2) is 0 Å². The molecule has 3 N–H and O–H groups in total. The molecule has 5 nitrogen and oxygen atoms in total. The van der Waals surface area contributed by atoms with E-state index in [1.807, 2.05) is 6.92 Å². The molecule has 1 aromatic rings. The molecule has 98 valence electrons. The number of nitrogens with zero attached hydrogens (tertiary/aromatic N) is 1. The van der Waals surface area contributed by atoms with Crippen molar-refractivity contribution in [2.24, 2.45) is 5.92 Å². The molecule has 0 aromatic carbocycles. The molecule has 18 heavy (non-hydrogen) atoms. The van der Waals surface area contributed by atoms with Crippen LogP contribution in [-0.2, 0) is 4.74 Å². The maximum Gasteiger partial charge on any atom is 0.253 e. The number of rotatable bonds is 3. The molecule has 1 fully saturated rings. The Labute approximate surface area is 111 Å². The fraction of sp³-hybridized carbons (Fsp3) is 0.500. The fourth-order valence-electron chi connectivity index (χ4n) is 1.99. The van der Waals surface area contributed by atoms with Crippen molar-refractivity contribution in [2.45, 2.75) is 19.4 Å². The quantitative estimate of drug-likeness (QED) is 0.815. The molecule has 0 radical (unpaired) electrons. The Kier molecular flexibility index (Phi) is 4.04. The number of carbonyl (C=O) groups excluding carboxylic acids is 1. The molecule has 2 unspecified atom stereocenters. The minimum absolute atomic E-state index is 0.0475. The normalized spacial score (nSPS) is 20.7. The Hall–Kier alpha value is -1.33.